The summed E-state index contributed by atoms with van der Waals surface area (Å²) in [6, 6.07) is 9.00. The van der Waals surface area contributed by atoms with E-state index >= 15 is 0 Å². The standard InChI is InChI=1S/C17H24N2O2/c1-2-13-3-5-14(6-4-13)12-19(15-7-8-15)17(20)16-11-18-9-10-21-16/h3-6,15-16,18H,2,7-12H2,1H3. The third-order valence-corrected chi connectivity index (χ3v) is 4.26. The van der Waals surface area contributed by atoms with Gasteiger partial charge in [0.2, 0.25) is 0 Å². The van der Waals surface area contributed by atoms with Crippen LogP contribution in [0, 0.1) is 0 Å². The Hall–Kier alpha value is -1.39. The molecule has 21 heavy (non-hydrogen) atoms. The molecule has 1 saturated carbocycles. The highest BCUT2D eigenvalue weighted by molar-refractivity contribution is 5.82. The second kappa shape index (κ2) is 6.58. The predicted octanol–water partition coefficient (Wildman–Crippen LogP) is 1.73. The van der Waals surface area contributed by atoms with Crippen LogP contribution in [0.1, 0.15) is 30.9 Å². The van der Waals surface area contributed by atoms with Crippen molar-refractivity contribution in [3.8, 4) is 0 Å². The fourth-order valence-electron chi connectivity index (χ4n) is 2.76. The lowest BCUT2D eigenvalue weighted by Crippen LogP contribution is -2.49. The first kappa shape index (κ1) is 14.5. The maximum atomic E-state index is 12.7. The molecule has 2 aliphatic rings. The third-order valence-electron chi connectivity index (χ3n) is 4.26. The van der Waals surface area contributed by atoms with Crippen molar-refractivity contribution in [3.05, 3.63) is 35.4 Å². The number of aryl methyl sites for hydroxylation is 1. The van der Waals surface area contributed by atoms with Crippen LogP contribution in [0.25, 0.3) is 0 Å². The summed E-state index contributed by atoms with van der Waals surface area (Å²) in [5.41, 5.74) is 2.54. The number of benzene rings is 1. The molecule has 1 unspecified atom stereocenters. The molecule has 1 atom stereocenters. The van der Waals surface area contributed by atoms with Gasteiger partial charge in [-0.25, -0.2) is 0 Å². The highest BCUT2D eigenvalue weighted by atomic mass is 16.5. The average Bonchev–Trinajstić information content (AvgIpc) is 3.38. The third kappa shape index (κ3) is 3.63. The zero-order valence-corrected chi connectivity index (χ0v) is 12.7. The monoisotopic (exact) mass is 288 g/mol. The van der Waals surface area contributed by atoms with E-state index in [0.29, 0.717) is 25.7 Å². The molecule has 1 aromatic rings. The second-order valence-electron chi connectivity index (χ2n) is 5.93. The minimum absolute atomic E-state index is 0.143. The van der Waals surface area contributed by atoms with E-state index in [4.69, 9.17) is 4.74 Å². The van der Waals surface area contributed by atoms with Gasteiger partial charge in [-0.2, -0.15) is 0 Å². The van der Waals surface area contributed by atoms with Gasteiger partial charge in [-0.1, -0.05) is 31.2 Å². The molecule has 0 radical (unpaired) electrons. The summed E-state index contributed by atoms with van der Waals surface area (Å²) < 4.78 is 5.62. The molecule has 1 aromatic carbocycles. The Kier molecular flexibility index (Phi) is 4.56. The van der Waals surface area contributed by atoms with Gasteiger partial charge in [0, 0.05) is 25.7 Å². The molecule has 0 spiro atoms. The van der Waals surface area contributed by atoms with Gasteiger partial charge in [0.05, 0.1) is 6.61 Å². The van der Waals surface area contributed by atoms with Gasteiger partial charge in [0.25, 0.3) is 5.91 Å². The van der Waals surface area contributed by atoms with E-state index in [1.807, 2.05) is 4.90 Å². The normalized spacial score (nSPS) is 22.0. The number of ether oxygens (including phenoxy) is 1. The summed E-state index contributed by atoms with van der Waals surface area (Å²) in [6.07, 6.45) is 2.99. The largest absolute Gasteiger partial charge is 0.366 e. The number of morpholine rings is 1. The number of carbonyl (C=O) groups excluding carboxylic acids is 1. The van der Waals surface area contributed by atoms with E-state index < -0.39 is 0 Å². The molecule has 4 nitrogen and oxygen atoms in total. The van der Waals surface area contributed by atoms with Gasteiger partial charge in [-0.15, -0.1) is 0 Å². The molecule has 0 aromatic heterocycles. The maximum Gasteiger partial charge on any atom is 0.253 e. The lowest BCUT2D eigenvalue weighted by molar-refractivity contribution is -0.146. The molecular weight excluding hydrogens is 264 g/mol. The molecule has 4 heteroatoms. The first-order chi connectivity index (χ1) is 10.3. The highest BCUT2D eigenvalue weighted by Gasteiger charge is 2.36. The minimum Gasteiger partial charge on any atom is -0.366 e. The molecule has 1 heterocycles. The number of hydrogen-bond donors (Lipinski definition) is 1. The fraction of sp³-hybridized carbons (Fsp3) is 0.588. The van der Waals surface area contributed by atoms with Crippen molar-refractivity contribution >= 4 is 5.91 Å². The molecular formula is C17H24N2O2. The lowest BCUT2D eigenvalue weighted by atomic mass is 10.1. The predicted molar refractivity (Wildman–Crippen MR) is 82.0 cm³/mol. The zero-order chi connectivity index (χ0) is 14.7. The summed E-state index contributed by atoms with van der Waals surface area (Å²) in [5.74, 6) is 0.143. The van der Waals surface area contributed by atoms with Gasteiger partial charge in [0.1, 0.15) is 6.10 Å². The van der Waals surface area contributed by atoms with Crippen LogP contribution in [0.2, 0.25) is 0 Å². The molecule has 1 amide bonds. The van der Waals surface area contributed by atoms with E-state index in [9.17, 15) is 4.79 Å². The van der Waals surface area contributed by atoms with Crippen LogP contribution >= 0.6 is 0 Å². The van der Waals surface area contributed by atoms with Gasteiger partial charge in [-0.05, 0) is 30.4 Å². The number of amides is 1. The summed E-state index contributed by atoms with van der Waals surface area (Å²) >= 11 is 0. The topological polar surface area (TPSA) is 41.6 Å². The van der Waals surface area contributed by atoms with Crippen molar-refractivity contribution in [2.24, 2.45) is 0 Å². The molecule has 2 fully saturated rings. The smallest absolute Gasteiger partial charge is 0.253 e. The quantitative estimate of drug-likeness (QED) is 0.897. The van der Waals surface area contributed by atoms with Gasteiger partial charge in [-0.3, -0.25) is 4.79 Å². The maximum absolute atomic E-state index is 12.7. The van der Waals surface area contributed by atoms with Crippen molar-refractivity contribution in [2.75, 3.05) is 19.7 Å². The first-order valence-corrected chi connectivity index (χ1v) is 7.98. The highest BCUT2D eigenvalue weighted by Crippen LogP contribution is 2.29. The van der Waals surface area contributed by atoms with Crippen molar-refractivity contribution < 1.29 is 9.53 Å². The number of nitrogens with zero attached hydrogens (tertiary/aromatic N) is 1. The van der Waals surface area contributed by atoms with E-state index in [1.165, 1.54) is 11.1 Å². The summed E-state index contributed by atoms with van der Waals surface area (Å²) in [7, 11) is 0. The van der Waals surface area contributed by atoms with Crippen LogP contribution in [0.15, 0.2) is 24.3 Å². The van der Waals surface area contributed by atoms with E-state index in [1.54, 1.807) is 0 Å². The number of hydrogen-bond acceptors (Lipinski definition) is 3. The van der Waals surface area contributed by atoms with Gasteiger partial charge in [0.15, 0.2) is 0 Å². The van der Waals surface area contributed by atoms with Crippen LogP contribution in [0.5, 0.6) is 0 Å². The van der Waals surface area contributed by atoms with Crippen molar-refractivity contribution in [2.45, 2.75) is 44.9 Å². The summed E-state index contributed by atoms with van der Waals surface area (Å²) in [6.45, 7) is 4.96. The Labute approximate surface area is 126 Å². The molecule has 1 N–H and O–H groups in total. The first-order valence-electron chi connectivity index (χ1n) is 7.98. The molecule has 1 aliphatic heterocycles. The van der Waals surface area contributed by atoms with Gasteiger partial charge >= 0.3 is 0 Å². The summed E-state index contributed by atoms with van der Waals surface area (Å²) in [4.78, 5) is 14.7. The molecule has 0 bridgehead atoms. The Morgan fingerprint density at radius 2 is 2.00 bits per heavy atom. The van der Waals surface area contributed by atoms with Crippen LogP contribution in [-0.4, -0.2) is 42.6 Å². The van der Waals surface area contributed by atoms with Crippen LogP contribution in [0.4, 0.5) is 0 Å². The number of carbonyl (C=O) groups is 1. The minimum atomic E-state index is -0.311. The second-order valence-corrected chi connectivity index (χ2v) is 5.93. The van der Waals surface area contributed by atoms with Crippen LogP contribution in [0.3, 0.4) is 0 Å². The van der Waals surface area contributed by atoms with Crippen molar-refractivity contribution in [1.82, 2.24) is 10.2 Å². The lowest BCUT2D eigenvalue weighted by Gasteiger charge is -2.30. The Morgan fingerprint density at radius 3 is 2.57 bits per heavy atom. The Bertz CT molecular complexity index is 476. The summed E-state index contributed by atoms with van der Waals surface area (Å²) in [5, 5.41) is 3.24. The van der Waals surface area contributed by atoms with Crippen LogP contribution in [-0.2, 0) is 22.5 Å². The average molecular weight is 288 g/mol. The van der Waals surface area contributed by atoms with E-state index in [2.05, 4.69) is 36.5 Å². The van der Waals surface area contributed by atoms with E-state index in [-0.39, 0.29) is 12.0 Å². The van der Waals surface area contributed by atoms with E-state index in [0.717, 1.165) is 25.8 Å². The van der Waals surface area contributed by atoms with Crippen molar-refractivity contribution in [1.29, 1.82) is 0 Å². The Morgan fingerprint density at radius 1 is 1.29 bits per heavy atom. The van der Waals surface area contributed by atoms with Crippen molar-refractivity contribution in [3.63, 3.8) is 0 Å². The zero-order valence-electron chi connectivity index (χ0n) is 12.7. The molecule has 1 saturated heterocycles. The number of nitrogens with one attached hydrogen (secondary N) is 1. The van der Waals surface area contributed by atoms with Crippen LogP contribution < -0.4 is 5.32 Å². The Balaban J connectivity index is 1.67. The molecule has 1 aliphatic carbocycles. The molecule has 3 rings (SSSR count). The number of rotatable bonds is 5. The van der Waals surface area contributed by atoms with Gasteiger partial charge < -0.3 is 15.0 Å². The SMILES string of the molecule is CCc1ccc(CN(C(=O)C2CNCCO2)C2CC2)cc1. The molecule has 114 valence electrons. The fourth-order valence-corrected chi connectivity index (χ4v) is 2.76.